The van der Waals surface area contributed by atoms with Crippen LogP contribution in [-0.2, 0) is 4.74 Å². The molecule has 0 radical (unpaired) electrons. The van der Waals surface area contributed by atoms with Crippen LogP contribution < -0.4 is 11.1 Å². The Morgan fingerprint density at radius 1 is 1.59 bits per heavy atom. The van der Waals surface area contributed by atoms with Gasteiger partial charge in [-0.05, 0) is 25.3 Å². The standard InChI is InChI=1S/C12H17N3O2/c1-17-9-3-2-8(6-9)15-11-4-5-14-7-10(11)12(13)16/h4-5,7-9H,2-3,6H2,1H3,(H2,13,16)(H,14,15). The molecule has 2 atom stereocenters. The van der Waals surface area contributed by atoms with Gasteiger partial charge in [-0.3, -0.25) is 9.78 Å². The van der Waals surface area contributed by atoms with Gasteiger partial charge in [0.25, 0.3) is 5.91 Å². The van der Waals surface area contributed by atoms with Crippen LogP contribution in [-0.4, -0.2) is 30.1 Å². The molecule has 2 unspecified atom stereocenters. The molecule has 1 aromatic heterocycles. The first-order valence-corrected chi connectivity index (χ1v) is 5.74. The van der Waals surface area contributed by atoms with Gasteiger partial charge in [0.1, 0.15) is 0 Å². The van der Waals surface area contributed by atoms with E-state index in [0.717, 1.165) is 24.9 Å². The van der Waals surface area contributed by atoms with Gasteiger partial charge in [0, 0.05) is 25.5 Å². The summed E-state index contributed by atoms with van der Waals surface area (Å²) in [5.74, 6) is -0.457. The van der Waals surface area contributed by atoms with Crippen molar-refractivity contribution >= 4 is 11.6 Å². The second-order valence-electron chi connectivity index (χ2n) is 4.30. The average molecular weight is 235 g/mol. The molecule has 0 spiro atoms. The van der Waals surface area contributed by atoms with E-state index in [2.05, 4.69) is 10.3 Å². The molecule has 1 heterocycles. The largest absolute Gasteiger partial charge is 0.381 e. The maximum atomic E-state index is 11.2. The summed E-state index contributed by atoms with van der Waals surface area (Å²) in [6.07, 6.45) is 6.50. The van der Waals surface area contributed by atoms with E-state index in [1.165, 1.54) is 6.20 Å². The summed E-state index contributed by atoms with van der Waals surface area (Å²) in [6.45, 7) is 0. The predicted molar refractivity (Wildman–Crippen MR) is 64.8 cm³/mol. The van der Waals surface area contributed by atoms with Crippen molar-refractivity contribution in [2.75, 3.05) is 12.4 Å². The Balaban J connectivity index is 2.06. The van der Waals surface area contributed by atoms with Crippen molar-refractivity contribution in [1.29, 1.82) is 0 Å². The number of carbonyl (C=O) groups excluding carboxylic acids is 1. The lowest BCUT2D eigenvalue weighted by molar-refractivity contribution is 0.100. The maximum Gasteiger partial charge on any atom is 0.252 e. The molecule has 0 bridgehead atoms. The molecule has 3 N–H and O–H groups in total. The normalized spacial score (nSPS) is 23.6. The molecule has 17 heavy (non-hydrogen) atoms. The number of carbonyl (C=O) groups is 1. The van der Waals surface area contributed by atoms with Crippen molar-refractivity contribution < 1.29 is 9.53 Å². The highest BCUT2D eigenvalue weighted by Gasteiger charge is 2.25. The third-order valence-corrected chi connectivity index (χ3v) is 3.16. The first-order valence-electron chi connectivity index (χ1n) is 5.74. The number of primary amides is 1. The first kappa shape index (κ1) is 11.9. The Kier molecular flexibility index (Phi) is 3.58. The van der Waals surface area contributed by atoms with E-state index < -0.39 is 5.91 Å². The summed E-state index contributed by atoms with van der Waals surface area (Å²) in [7, 11) is 1.73. The van der Waals surface area contributed by atoms with Crippen molar-refractivity contribution in [3.05, 3.63) is 24.0 Å². The fraction of sp³-hybridized carbons (Fsp3) is 0.500. The highest BCUT2D eigenvalue weighted by atomic mass is 16.5. The Labute approximate surface area is 100 Å². The molecule has 1 aliphatic carbocycles. The van der Waals surface area contributed by atoms with Gasteiger partial charge in [0.2, 0.25) is 0 Å². The number of pyridine rings is 1. The van der Waals surface area contributed by atoms with Crippen LogP contribution in [0, 0.1) is 0 Å². The van der Waals surface area contributed by atoms with Crippen LogP contribution in [0.3, 0.4) is 0 Å². The summed E-state index contributed by atoms with van der Waals surface area (Å²) in [4.78, 5) is 15.1. The fourth-order valence-corrected chi connectivity index (χ4v) is 2.22. The number of aromatic nitrogens is 1. The first-order chi connectivity index (χ1) is 8.20. The molecule has 5 heteroatoms. The van der Waals surface area contributed by atoms with Crippen molar-refractivity contribution in [3.8, 4) is 0 Å². The smallest absolute Gasteiger partial charge is 0.252 e. The summed E-state index contributed by atoms with van der Waals surface area (Å²) in [5, 5.41) is 3.33. The topological polar surface area (TPSA) is 77.2 Å². The Morgan fingerprint density at radius 3 is 3.06 bits per heavy atom. The molecule has 1 saturated carbocycles. The molecule has 1 fully saturated rings. The zero-order chi connectivity index (χ0) is 12.3. The number of methoxy groups -OCH3 is 1. The van der Waals surface area contributed by atoms with Crippen LogP contribution in [0.25, 0.3) is 0 Å². The molecule has 2 rings (SSSR count). The van der Waals surface area contributed by atoms with Gasteiger partial charge in [-0.2, -0.15) is 0 Å². The van der Waals surface area contributed by atoms with E-state index in [-0.39, 0.29) is 0 Å². The fourth-order valence-electron chi connectivity index (χ4n) is 2.22. The third-order valence-electron chi connectivity index (χ3n) is 3.16. The Hall–Kier alpha value is -1.62. The van der Waals surface area contributed by atoms with E-state index in [9.17, 15) is 4.79 Å². The minimum Gasteiger partial charge on any atom is -0.381 e. The number of nitrogens with one attached hydrogen (secondary N) is 1. The second-order valence-corrected chi connectivity index (χ2v) is 4.30. The average Bonchev–Trinajstić information content (AvgIpc) is 2.77. The number of ether oxygens (including phenoxy) is 1. The maximum absolute atomic E-state index is 11.2. The van der Waals surface area contributed by atoms with Gasteiger partial charge >= 0.3 is 0 Å². The van der Waals surface area contributed by atoms with E-state index in [4.69, 9.17) is 10.5 Å². The molecule has 1 aromatic rings. The highest BCUT2D eigenvalue weighted by Crippen LogP contribution is 2.25. The quantitative estimate of drug-likeness (QED) is 0.821. The van der Waals surface area contributed by atoms with E-state index >= 15 is 0 Å². The third kappa shape index (κ3) is 2.74. The zero-order valence-electron chi connectivity index (χ0n) is 9.85. The van der Waals surface area contributed by atoms with Crippen LogP contribution in [0.4, 0.5) is 5.69 Å². The Morgan fingerprint density at radius 2 is 2.41 bits per heavy atom. The van der Waals surface area contributed by atoms with Gasteiger partial charge in [0.05, 0.1) is 17.4 Å². The monoisotopic (exact) mass is 235 g/mol. The number of amides is 1. The van der Waals surface area contributed by atoms with E-state index in [1.54, 1.807) is 19.4 Å². The molecular formula is C12H17N3O2. The van der Waals surface area contributed by atoms with E-state index in [0.29, 0.717) is 17.7 Å². The lowest BCUT2D eigenvalue weighted by Gasteiger charge is -2.16. The lowest BCUT2D eigenvalue weighted by atomic mass is 10.2. The molecule has 1 aliphatic rings. The zero-order valence-corrected chi connectivity index (χ0v) is 9.85. The minimum atomic E-state index is -0.457. The lowest BCUT2D eigenvalue weighted by Crippen LogP contribution is -2.21. The molecule has 92 valence electrons. The van der Waals surface area contributed by atoms with Crippen molar-refractivity contribution in [1.82, 2.24) is 4.98 Å². The number of nitrogens with two attached hydrogens (primary N) is 1. The van der Waals surface area contributed by atoms with Gasteiger partial charge in [-0.15, -0.1) is 0 Å². The summed E-state index contributed by atoms with van der Waals surface area (Å²) in [5.41, 5.74) is 6.50. The summed E-state index contributed by atoms with van der Waals surface area (Å²) >= 11 is 0. The van der Waals surface area contributed by atoms with Crippen LogP contribution in [0.5, 0.6) is 0 Å². The molecule has 0 saturated heterocycles. The van der Waals surface area contributed by atoms with Crippen molar-refractivity contribution in [3.63, 3.8) is 0 Å². The predicted octanol–water partition coefficient (Wildman–Crippen LogP) is 1.16. The summed E-state index contributed by atoms with van der Waals surface area (Å²) < 4.78 is 5.31. The number of hydrogen-bond acceptors (Lipinski definition) is 4. The van der Waals surface area contributed by atoms with E-state index in [1.807, 2.05) is 0 Å². The molecule has 1 amide bonds. The minimum absolute atomic E-state index is 0.311. The Bertz CT molecular complexity index is 408. The molecule has 0 aromatic carbocycles. The van der Waals surface area contributed by atoms with Crippen molar-refractivity contribution in [2.24, 2.45) is 5.73 Å². The second kappa shape index (κ2) is 5.14. The number of nitrogens with zero attached hydrogens (tertiary/aromatic N) is 1. The van der Waals surface area contributed by atoms with Gasteiger partial charge in [-0.1, -0.05) is 0 Å². The molecule has 0 aliphatic heterocycles. The van der Waals surface area contributed by atoms with Crippen LogP contribution in [0.1, 0.15) is 29.6 Å². The van der Waals surface area contributed by atoms with Crippen LogP contribution >= 0.6 is 0 Å². The number of rotatable bonds is 4. The van der Waals surface area contributed by atoms with Crippen LogP contribution in [0.15, 0.2) is 18.5 Å². The van der Waals surface area contributed by atoms with Gasteiger partial charge in [0.15, 0.2) is 0 Å². The number of hydrogen-bond donors (Lipinski definition) is 2. The van der Waals surface area contributed by atoms with Gasteiger partial charge < -0.3 is 15.8 Å². The highest BCUT2D eigenvalue weighted by molar-refractivity contribution is 5.98. The summed E-state index contributed by atoms with van der Waals surface area (Å²) in [6, 6.07) is 2.11. The molecule has 5 nitrogen and oxygen atoms in total. The molecular weight excluding hydrogens is 218 g/mol. The van der Waals surface area contributed by atoms with Crippen LogP contribution in [0.2, 0.25) is 0 Å². The SMILES string of the molecule is COC1CCC(Nc2ccncc2C(N)=O)C1. The van der Waals surface area contributed by atoms with Crippen molar-refractivity contribution in [2.45, 2.75) is 31.4 Å². The van der Waals surface area contributed by atoms with Gasteiger partial charge in [-0.25, -0.2) is 0 Å². The number of anilines is 1.